The minimum absolute atomic E-state index is 0.0308. The molecule has 3 aromatic carbocycles. The quantitative estimate of drug-likeness (QED) is 0.205. The Morgan fingerprint density at radius 3 is 2.44 bits per heavy atom. The van der Waals surface area contributed by atoms with Gasteiger partial charge in [0.25, 0.3) is 5.91 Å². The lowest BCUT2D eigenvalue weighted by Gasteiger charge is -2.22. The van der Waals surface area contributed by atoms with Crippen LogP contribution in [0.1, 0.15) is 38.9 Å². The topological polar surface area (TPSA) is 178 Å². The summed E-state index contributed by atoms with van der Waals surface area (Å²) in [5.74, 6) is -2.39. The molecule has 0 aliphatic rings. The second-order valence-electron chi connectivity index (χ2n) is 9.14. The highest BCUT2D eigenvalue weighted by atomic mass is 19.4. The van der Waals surface area contributed by atoms with Crippen LogP contribution in [0.15, 0.2) is 53.1 Å². The third-order valence-corrected chi connectivity index (χ3v) is 6.23. The van der Waals surface area contributed by atoms with E-state index in [1.54, 1.807) is 6.07 Å². The fourth-order valence-electron chi connectivity index (χ4n) is 4.29. The number of ether oxygens (including phenoxy) is 1. The molecule has 4 aromatic rings. The minimum atomic E-state index is -4.89. The van der Waals surface area contributed by atoms with Crippen molar-refractivity contribution in [2.75, 3.05) is 29.7 Å². The lowest BCUT2D eigenvalue weighted by molar-refractivity contribution is -0.137. The molecule has 43 heavy (non-hydrogen) atoms. The number of alkyl halides is 3. The summed E-state index contributed by atoms with van der Waals surface area (Å²) in [4.78, 5) is 38.3. The van der Waals surface area contributed by atoms with E-state index in [2.05, 4.69) is 15.8 Å². The highest BCUT2D eigenvalue weighted by molar-refractivity contribution is 6.14. The predicted octanol–water partition coefficient (Wildman–Crippen LogP) is 5.29. The Labute approximate surface area is 240 Å². The van der Waals surface area contributed by atoms with Crippen molar-refractivity contribution in [3.05, 3.63) is 70.9 Å². The van der Waals surface area contributed by atoms with E-state index in [-0.39, 0.29) is 50.3 Å². The van der Waals surface area contributed by atoms with Crippen molar-refractivity contribution in [2.45, 2.75) is 19.3 Å². The fraction of sp³-hybridized carbons (Fsp3) is 0.179. The summed E-state index contributed by atoms with van der Waals surface area (Å²) < 4.78 is 52.9. The number of fused-ring (bicyclic) bond motifs is 1. The summed E-state index contributed by atoms with van der Waals surface area (Å²) >= 11 is 0. The first-order chi connectivity index (χ1) is 20.2. The van der Waals surface area contributed by atoms with Crippen molar-refractivity contribution in [2.24, 2.45) is 0 Å². The molecule has 4 rings (SSSR count). The Kier molecular flexibility index (Phi) is 8.26. The van der Waals surface area contributed by atoms with Crippen LogP contribution in [0, 0.1) is 11.3 Å². The van der Waals surface area contributed by atoms with Crippen molar-refractivity contribution in [1.29, 1.82) is 5.26 Å². The maximum absolute atomic E-state index is 14.3. The number of nitrogens with one attached hydrogen (secondary N) is 2. The monoisotopic (exact) mass is 597 g/mol. The van der Waals surface area contributed by atoms with Crippen molar-refractivity contribution in [3.8, 4) is 17.2 Å². The number of carbonyl (C=O) groups is 3. The molecule has 0 aliphatic carbocycles. The molecule has 0 aliphatic heterocycles. The number of aliphatic hydroxyl groups excluding tert-OH is 1. The standard InChI is InChI=1S/C28H22F3N5O7/c1-13(37)33-15-5-6-16(20(9-15)28(29,30)31)17-10-19-23(11-22(17)36(2)27(41)42-3)43-35-24(19)25(38)34-21-7-4-14(12-32)8-18(21)26(39)40/h4-11,13,33,37H,1-3H3,(H,34,38)(H,39,40). The van der Waals surface area contributed by atoms with Crippen molar-refractivity contribution >= 4 is 46.0 Å². The number of halogens is 3. The number of hydrogen-bond donors (Lipinski definition) is 4. The van der Waals surface area contributed by atoms with Crippen molar-refractivity contribution in [3.63, 3.8) is 0 Å². The smallest absolute Gasteiger partial charge is 0.417 e. The van der Waals surface area contributed by atoms with Gasteiger partial charge >= 0.3 is 18.2 Å². The second kappa shape index (κ2) is 11.7. The molecule has 0 saturated heterocycles. The van der Waals surface area contributed by atoms with E-state index >= 15 is 0 Å². The Hall–Kier alpha value is -5.62. The first kappa shape index (κ1) is 30.3. The number of amides is 2. The lowest BCUT2D eigenvalue weighted by Crippen LogP contribution is -2.26. The van der Waals surface area contributed by atoms with Crippen LogP contribution in [0.4, 0.5) is 35.0 Å². The van der Waals surface area contributed by atoms with Gasteiger partial charge in [-0.05, 0) is 48.9 Å². The molecule has 0 saturated carbocycles. The van der Waals surface area contributed by atoms with Crippen LogP contribution in [0.5, 0.6) is 0 Å². The van der Waals surface area contributed by atoms with Crippen LogP contribution in [0.3, 0.4) is 0 Å². The zero-order valence-corrected chi connectivity index (χ0v) is 22.6. The second-order valence-corrected chi connectivity index (χ2v) is 9.14. The molecule has 1 atom stereocenters. The zero-order chi connectivity index (χ0) is 31.6. The number of carboxylic acids is 1. The van der Waals surface area contributed by atoms with Crippen molar-refractivity contribution in [1.82, 2.24) is 5.16 Å². The molecule has 12 nitrogen and oxygen atoms in total. The number of aliphatic hydroxyl groups is 1. The number of methoxy groups -OCH3 is 1. The molecule has 1 unspecified atom stereocenters. The molecular formula is C28H22F3N5O7. The van der Waals surface area contributed by atoms with Crippen LogP contribution >= 0.6 is 0 Å². The van der Waals surface area contributed by atoms with E-state index in [4.69, 9.17) is 14.5 Å². The molecular weight excluding hydrogens is 575 g/mol. The van der Waals surface area contributed by atoms with Crippen molar-refractivity contribution < 1.29 is 47.0 Å². The molecule has 0 radical (unpaired) electrons. The summed E-state index contributed by atoms with van der Waals surface area (Å²) in [6.45, 7) is 1.33. The van der Waals surface area contributed by atoms with Gasteiger partial charge in [-0.2, -0.15) is 18.4 Å². The fourth-order valence-corrected chi connectivity index (χ4v) is 4.29. The molecule has 222 valence electrons. The molecule has 1 aromatic heterocycles. The Bertz CT molecular complexity index is 1790. The SMILES string of the molecule is COC(=O)N(C)c1cc2onc(C(=O)Nc3ccc(C#N)cc3C(=O)O)c2cc1-c1ccc(NC(C)O)cc1C(F)(F)F. The van der Waals surface area contributed by atoms with Gasteiger partial charge in [0.05, 0.1) is 46.6 Å². The molecule has 0 spiro atoms. The van der Waals surface area contributed by atoms with Gasteiger partial charge in [0.15, 0.2) is 11.3 Å². The number of hydrogen-bond acceptors (Lipinski definition) is 9. The molecule has 4 N–H and O–H groups in total. The molecule has 0 fully saturated rings. The third-order valence-electron chi connectivity index (χ3n) is 6.23. The van der Waals surface area contributed by atoms with E-state index in [1.165, 1.54) is 44.3 Å². The number of benzene rings is 3. The van der Waals surface area contributed by atoms with Crippen LogP contribution in [0.2, 0.25) is 0 Å². The van der Waals surface area contributed by atoms with Gasteiger partial charge in [0.2, 0.25) is 0 Å². The number of nitrogens with zero attached hydrogens (tertiary/aromatic N) is 3. The van der Waals surface area contributed by atoms with Gasteiger partial charge < -0.3 is 30.1 Å². The van der Waals surface area contributed by atoms with Gasteiger partial charge in [-0.25, -0.2) is 9.59 Å². The van der Waals surface area contributed by atoms with E-state index < -0.39 is 41.6 Å². The number of anilines is 3. The number of aromatic carboxylic acids is 1. The maximum atomic E-state index is 14.3. The summed E-state index contributed by atoms with van der Waals surface area (Å²) in [7, 11) is 2.34. The highest BCUT2D eigenvalue weighted by Crippen LogP contribution is 2.43. The first-order valence-corrected chi connectivity index (χ1v) is 12.2. The molecule has 2 amide bonds. The summed E-state index contributed by atoms with van der Waals surface area (Å²) in [5, 5.41) is 36.7. The van der Waals surface area contributed by atoms with Crippen LogP contribution in [0.25, 0.3) is 22.1 Å². The highest BCUT2D eigenvalue weighted by Gasteiger charge is 2.36. The molecule has 1 heterocycles. The van der Waals surface area contributed by atoms with Crippen LogP contribution < -0.4 is 15.5 Å². The Morgan fingerprint density at radius 1 is 1.12 bits per heavy atom. The summed E-state index contributed by atoms with van der Waals surface area (Å²) in [6, 6.07) is 10.9. The first-order valence-electron chi connectivity index (χ1n) is 12.2. The predicted molar refractivity (Wildman–Crippen MR) is 147 cm³/mol. The van der Waals surface area contributed by atoms with Gasteiger partial charge in [-0.1, -0.05) is 11.2 Å². The summed E-state index contributed by atoms with van der Waals surface area (Å²) in [6.07, 6.45) is -6.96. The van der Waals surface area contributed by atoms with E-state index in [1.807, 2.05) is 0 Å². The molecule has 0 bridgehead atoms. The summed E-state index contributed by atoms with van der Waals surface area (Å²) in [5.41, 5.74) is -2.78. The van der Waals surface area contributed by atoms with Crippen LogP contribution in [-0.4, -0.2) is 53.7 Å². The van der Waals surface area contributed by atoms with Crippen LogP contribution in [-0.2, 0) is 10.9 Å². The molecule has 15 heteroatoms. The Balaban J connectivity index is 1.91. The van der Waals surface area contributed by atoms with Gasteiger partial charge in [0, 0.05) is 24.4 Å². The number of rotatable bonds is 7. The van der Waals surface area contributed by atoms with Gasteiger partial charge in [-0.15, -0.1) is 0 Å². The number of nitriles is 1. The van der Waals surface area contributed by atoms with Gasteiger partial charge in [-0.3, -0.25) is 9.69 Å². The largest absolute Gasteiger partial charge is 0.478 e. The Morgan fingerprint density at radius 2 is 1.84 bits per heavy atom. The van der Waals surface area contributed by atoms with Gasteiger partial charge in [0.1, 0.15) is 6.23 Å². The zero-order valence-electron chi connectivity index (χ0n) is 22.6. The lowest BCUT2D eigenvalue weighted by atomic mass is 9.95. The van der Waals surface area contributed by atoms with E-state index in [0.717, 1.165) is 30.2 Å². The maximum Gasteiger partial charge on any atom is 0.417 e. The third kappa shape index (κ3) is 6.19. The normalized spacial score (nSPS) is 11.9. The average Bonchev–Trinajstić information content (AvgIpc) is 3.38. The number of carboxylic acid groups (broad SMARTS) is 1. The number of carbonyl (C=O) groups excluding carboxylic acids is 2. The van der Waals surface area contributed by atoms with E-state index in [9.17, 15) is 37.8 Å². The number of aromatic nitrogens is 1. The minimum Gasteiger partial charge on any atom is -0.478 e. The van der Waals surface area contributed by atoms with E-state index in [0.29, 0.717) is 0 Å². The average molecular weight is 598 g/mol.